The van der Waals surface area contributed by atoms with Crippen molar-refractivity contribution in [2.75, 3.05) is 7.05 Å². The van der Waals surface area contributed by atoms with Crippen LogP contribution in [0.3, 0.4) is 0 Å². The third kappa shape index (κ3) is 5.40. The highest BCUT2D eigenvalue weighted by Gasteiger charge is 2.13. The first-order chi connectivity index (χ1) is 12.8. The van der Waals surface area contributed by atoms with Crippen LogP contribution in [0.5, 0.6) is 0 Å². The molecule has 0 radical (unpaired) electrons. The first-order valence-electron chi connectivity index (χ1n) is 8.73. The van der Waals surface area contributed by atoms with Gasteiger partial charge in [0.1, 0.15) is 5.15 Å². The summed E-state index contributed by atoms with van der Waals surface area (Å²) in [5.41, 5.74) is 2.19. The van der Waals surface area contributed by atoms with Crippen molar-refractivity contribution in [2.45, 2.75) is 39.8 Å². The van der Waals surface area contributed by atoms with E-state index in [1.165, 1.54) is 23.1 Å². The summed E-state index contributed by atoms with van der Waals surface area (Å²) in [6, 6.07) is 6.24. The third-order valence-corrected chi connectivity index (χ3v) is 4.54. The van der Waals surface area contributed by atoms with Gasteiger partial charge in [0.2, 0.25) is 5.91 Å². The van der Waals surface area contributed by atoms with Crippen LogP contribution in [0.1, 0.15) is 36.6 Å². The molecule has 1 amide bonds. The summed E-state index contributed by atoms with van der Waals surface area (Å²) in [5, 5.41) is 15.8. The molecular formula is C19H23ClN4O3. The highest BCUT2D eigenvalue weighted by molar-refractivity contribution is 6.31. The van der Waals surface area contributed by atoms with Gasteiger partial charge in [0.25, 0.3) is 5.69 Å². The van der Waals surface area contributed by atoms with Crippen LogP contribution in [0.2, 0.25) is 5.15 Å². The number of non-ortho nitro benzene ring substituents is 1. The van der Waals surface area contributed by atoms with E-state index in [1.54, 1.807) is 29.9 Å². The summed E-state index contributed by atoms with van der Waals surface area (Å²) in [6.45, 7) is 4.96. The molecular weight excluding hydrogens is 368 g/mol. The highest BCUT2D eigenvalue weighted by atomic mass is 35.5. The molecule has 8 heteroatoms. The molecule has 1 aromatic carbocycles. The molecule has 0 spiro atoms. The van der Waals surface area contributed by atoms with Crippen LogP contribution in [-0.4, -0.2) is 32.6 Å². The minimum Gasteiger partial charge on any atom is -0.338 e. The van der Waals surface area contributed by atoms with Crippen LogP contribution in [-0.2, 0) is 17.9 Å². The Morgan fingerprint density at radius 3 is 2.85 bits per heavy atom. The molecule has 1 aromatic heterocycles. The smallest absolute Gasteiger partial charge is 0.269 e. The van der Waals surface area contributed by atoms with Gasteiger partial charge in [0.15, 0.2) is 0 Å². The van der Waals surface area contributed by atoms with Gasteiger partial charge in [-0.05, 0) is 25.0 Å². The molecule has 0 aliphatic rings. The van der Waals surface area contributed by atoms with E-state index in [4.69, 9.17) is 11.6 Å². The maximum Gasteiger partial charge on any atom is 0.269 e. The van der Waals surface area contributed by atoms with Gasteiger partial charge in [0, 0.05) is 43.9 Å². The fraction of sp³-hybridized carbons (Fsp3) is 0.368. The van der Waals surface area contributed by atoms with Crippen LogP contribution >= 0.6 is 11.6 Å². The quantitative estimate of drug-likeness (QED) is 0.384. The van der Waals surface area contributed by atoms with E-state index in [0.717, 1.165) is 30.6 Å². The van der Waals surface area contributed by atoms with Crippen molar-refractivity contribution in [1.82, 2.24) is 14.7 Å². The minimum atomic E-state index is -0.452. The number of rotatable bonds is 8. The van der Waals surface area contributed by atoms with E-state index < -0.39 is 4.92 Å². The number of likely N-dealkylation sites (N-methyl/N-ethyl adjacent to an activating group) is 1. The van der Waals surface area contributed by atoms with Gasteiger partial charge in [-0.3, -0.25) is 19.6 Å². The Balaban J connectivity index is 2.07. The van der Waals surface area contributed by atoms with Gasteiger partial charge in [-0.15, -0.1) is 0 Å². The van der Waals surface area contributed by atoms with E-state index in [0.29, 0.717) is 10.7 Å². The average Bonchev–Trinajstić information content (AvgIpc) is 2.91. The molecule has 2 aromatic rings. The second-order valence-corrected chi connectivity index (χ2v) is 6.68. The summed E-state index contributed by atoms with van der Waals surface area (Å²) in [6.07, 6.45) is 5.13. The monoisotopic (exact) mass is 390 g/mol. The van der Waals surface area contributed by atoms with Crippen molar-refractivity contribution in [3.05, 3.63) is 62.4 Å². The Morgan fingerprint density at radius 1 is 1.44 bits per heavy atom. The zero-order valence-electron chi connectivity index (χ0n) is 15.7. The van der Waals surface area contributed by atoms with Crippen molar-refractivity contribution >= 4 is 29.3 Å². The number of nitro groups is 1. The van der Waals surface area contributed by atoms with Gasteiger partial charge in [-0.1, -0.05) is 37.1 Å². The number of benzene rings is 1. The number of halogens is 1. The van der Waals surface area contributed by atoms with Crippen LogP contribution < -0.4 is 0 Å². The zero-order chi connectivity index (χ0) is 20.0. The zero-order valence-corrected chi connectivity index (χ0v) is 16.4. The van der Waals surface area contributed by atoms with Gasteiger partial charge in [-0.25, -0.2) is 0 Å². The molecule has 2 rings (SSSR count). The Bertz CT molecular complexity index is 861. The molecule has 144 valence electrons. The van der Waals surface area contributed by atoms with Crippen LogP contribution in [0.25, 0.3) is 6.08 Å². The predicted molar refractivity (Wildman–Crippen MR) is 105 cm³/mol. The van der Waals surface area contributed by atoms with Crippen LogP contribution in [0.15, 0.2) is 30.3 Å². The number of hydrogen-bond donors (Lipinski definition) is 0. The number of hydrogen-bond acceptors (Lipinski definition) is 4. The molecule has 0 bridgehead atoms. The number of unbranched alkanes of at least 4 members (excludes halogenated alkanes) is 1. The summed E-state index contributed by atoms with van der Waals surface area (Å²) in [5.74, 6) is -0.224. The SMILES string of the molecule is CCCCn1nc(C)c(/C=C/C(=O)N(C)Cc2cccc([N+](=O)[O-])c2)c1Cl. The van der Waals surface area contributed by atoms with Crippen molar-refractivity contribution in [3.63, 3.8) is 0 Å². The van der Waals surface area contributed by atoms with E-state index >= 15 is 0 Å². The second-order valence-electron chi connectivity index (χ2n) is 6.32. The molecule has 0 saturated carbocycles. The number of aryl methyl sites for hydroxylation is 2. The Kier molecular flexibility index (Phi) is 7.12. The normalized spacial score (nSPS) is 11.1. The predicted octanol–water partition coefficient (Wildman–Crippen LogP) is 4.23. The fourth-order valence-corrected chi connectivity index (χ4v) is 2.94. The lowest BCUT2D eigenvalue weighted by Gasteiger charge is -2.15. The second kappa shape index (κ2) is 9.32. The number of nitrogens with zero attached hydrogens (tertiary/aromatic N) is 4. The molecule has 0 aliphatic heterocycles. The van der Waals surface area contributed by atoms with Gasteiger partial charge in [0.05, 0.1) is 10.6 Å². The molecule has 0 N–H and O–H groups in total. The van der Waals surface area contributed by atoms with Crippen molar-refractivity contribution in [3.8, 4) is 0 Å². The summed E-state index contributed by atoms with van der Waals surface area (Å²) >= 11 is 6.37. The first-order valence-corrected chi connectivity index (χ1v) is 9.10. The summed E-state index contributed by atoms with van der Waals surface area (Å²) in [7, 11) is 1.64. The molecule has 0 unspecified atom stereocenters. The molecule has 7 nitrogen and oxygen atoms in total. The van der Waals surface area contributed by atoms with Crippen molar-refractivity contribution in [2.24, 2.45) is 0 Å². The van der Waals surface area contributed by atoms with E-state index in [1.807, 2.05) is 6.92 Å². The Hall–Kier alpha value is -2.67. The Morgan fingerprint density at radius 2 is 2.19 bits per heavy atom. The van der Waals surface area contributed by atoms with Crippen LogP contribution in [0.4, 0.5) is 5.69 Å². The fourth-order valence-electron chi connectivity index (χ4n) is 2.61. The number of nitro benzene ring substituents is 1. The molecule has 0 saturated heterocycles. The van der Waals surface area contributed by atoms with E-state index in [2.05, 4.69) is 12.0 Å². The third-order valence-electron chi connectivity index (χ3n) is 4.14. The van der Waals surface area contributed by atoms with Gasteiger partial charge >= 0.3 is 0 Å². The largest absolute Gasteiger partial charge is 0.338 e. The number of aromatic nitrogens is 2. The number of carbonyl (C=O) groups excluding carboxylic acids is 1. The maximum atomic E-state index is 12.4. The lowest BCUT2D eigenvalue weighted by molar-refractivity contribution is -0.384. The number of amides is 1. The van der Waals surface area contributed by atoms with Crippen molar-refractivity contribution in [1.29, 1.82) is 0 Å². The average molecular weight is 391 g/mol. The molecule has 0 atom stereocenters. The van der Waals surface area contributed by atoms with E-state index in [9.17, 15) is 14.9 Å². The van der Waals surface area contributed by atoms with Gasteiger partial charge in [-0.2, -0.15) is 5.10 Å². The Labute approximate surface area is 163 Å². The lowest BCUT2D eigenvalue weighted by Crippen LogP contribution is -2.24. The molecule has 0 aliphatic carbocycles. The standard InChI is InChI=1S/C19H23ClN4O3/c1-4-5-11-23-19(20)17(14(2)21-23)9-10-18(25)22(3)13-15-7-6-8-16(12-15)24(26)27/h6-10,12H,4-5,11,13H2,1-3H3/b10-9+. The maximum absolute atomic E-state index is 12.4. The molecule has 1 heterocycles. The van der Waals surface area contributed by atoms with Gasteiger partial charge < -0.3 is 4.90 Å². The van der Waals surface area contributed by atoms with Crippen molar-refractivity contribution < 1.29 is 9.72 Å². The summed E-state index contributed by atoms with van der Waals surface area (Å²) < 4.78 is 1.75. The lowest BCUT2D eigenvalue weighted by atomic mass is 10.2. The minimum absolute atomic E-state index is 0.00536. The highest BCUT2D eigenvalue weighted by Crippen LogP contribution is 2.22. The first kappa shape index (κ1) is 20.6. The number of carbonyl (C=O) groups is 1. The van der Waals surface area contributed by atoms with Crippen LogP contribution in [0, 0.1) is 17.0 Å². The molecule has 0 fully saturated rings. The molecule has 27 heavy (non-hydrogen) atoms. The summed E-state index contributed by atoms with van der Waals surface area (Å²) in [4.78, 5) is 24.3. The van der Waals surface area contributed by atoms with E-state index in [-0.39, 0.29) is 18.1 Å². The topological polar surface area (TPSA) is 81.3 Å².